The molecule has 0 saturated carbocycles. The highest BCUT2D eigenvalue weighted by molar-refractivity contribution is 8.18. The highest BCUT2D eigenvalue weighted by atomic mass is 32.2. The second kappa shape index (κ2) is 11.0. The van der Waals surface area contributed by atoms with Gasteiger partial charge in [0.1, 0.15) is 11.0 Å². The number of hydrogen-bond acceptors (Lipinski definition) is 6. The first-order valence-electron chi connectivity index (χ1n) is 11.3. The van der Waals surface area contributed by atoms with Gasteiger partial charge in [0, 0.05) is 5.56 Å². The maximum absolute atomic E-state index is 12.7. The van der Waals surface area contributed by atoms with E-state index in [1.807, 2.05) is 63.2 Å². The number of aliphatic carboxylic acids is 1. The molecule has 1 fully saturated rings. The third-order valence-corrected chi connectivity index (χ3v) is 7.21. The lowest BCUT2D eigenvalue weighted by Gasteiger charge is -2.14. The molecule has 6 nitrogen and oxygen atoms in total. The molecule has 0 aromatic heterocycles. The molecule has 1 heterocycles. The van der Waals surface area contributed by atoms with E-state index in [1.165, 1.54) is 23.5 Å². The number of hydrogen-bond donors (Lipinski definition) is 2. The molecule has 3 aromatic rings. The molecule has 0 bridgehead atoms. The Morgan fingerprint density at radius 1 is 1.14 bits per heavy atom. The van der Waals surface area contributed by atoms with Crippen molar-refractivity contribution in [3.05, 3.63) is 76.7 Å². The van der Waals surface area contributed by atoms with Gasteiger partial charge in [-0.1, -0.05) is 43.3 Å². The van der Waals surface area contributed by atoms with Crippen LogP contribution in [0.3, 0.4) is 0 Å². The molecule has 0 spiro atoms. The molecule has 1 unspecified atom stereocenters. The van der Waals surface area contributed by atoms with Crippen molar-refractivity contribution in [3.63, 3.8) is 0 Å². The van der Waals surface area contributed by atoms with E-state index in [2.05, 4.69) is 10.3 Å². The summed E-state index contributed by atoms with van der Waals surface area (Å²) in [5, 5.41) is 14.3. The smallest absolute Gasteiger partial charge is 0.321 e. The summed E-state index contributed by atoms with van der Waals surface area (Å²) in [6, 6.07) is 19.1. The molecule has 180 valence electrons. The predicted molar refractivity (Wildman–Crippen MR) is 145 cm³/mol. The van der Waals surface area contributed by atoms with Crippen molar-refractivity contribution in [1.82, 2.24) is 5.32 Å². The lowest BCUT2D eigenvalue weighted by atomic mass is 10.1. The van der Waals surface area contributed by atoms with Gasteiger partial charge in [0.15, 0.2) is 5.17 Å². The highest BCUT2D eigenvalue weighted by Crippen LogP contribution is 2.34. The van der Waals surface area contributed by atoms with E-state index in [0.717, 1.165) is 22.1 Å². The molecule has 8 heteroatoms. The number of carboxylic acid groups (broad SMARTS) is 1. The van der Waals surface area contributed by atoms with Gasteiger partial charge in [0.05, 0.1) is 16.7 Å². The number of ether oxygens (including phenoxy) is 1. The average Bonchev–Trinajstić information content (AvgIpc) is 3.16. The minimum absolute atomic E-state index is 0.00471. The number of carboxylic acids is 1. The minimum Gasteiger partial charge on any atom is -0.490 e. The Labute approximate surface area is 212 Å². The summed E-state index contributed by atoms with van der Waals surface area (Å²) in [5.41, 5.74) is 2.18. The molecule has 1 atom stereocenters. The van der Waals surface area contributed by atoms with E-state index in [0.29, 0.717) is 27.1 Å². The quantitative estimate of drug-likeness (QED) is 0.344. The van der Waals surface area contributed by atoms with Crippen LogP contribution in [-0.4, -0.2) is 34.0 Å². The Hall–Kier alpha value is -3.23. The number of benzene rings is 3. The SMILES string of the molecule is CCSC(C(=O)O)c1ccc(N=C2NC(=O)/C(=C\c3cc4ccccc4cc3OC(C)C)S2)cc1. The zero-order chi connectivity index (χ0) is 24.9. The van der Waals surface area contributed by atoms with Gasteiger partial charge in [-0.25, -0.2) is 4.99 Å². The van der Waals surface area contributed by atoms with Crippen molar-refractivity contribution in [2.75, 3.05) is 5.75 Å². The molecular formula is C27H26N2O4S2. The van der Waals surface area contributed by atoms with Crippen LogP contribution in [0.25, 0.3) is 16.8 Å². The Morgan fingerprint density at radius 2 is 1.83 bits per heavy atom. The van der Waals surface area contributed by atoms with Gasteiger partial charge in [-0.3, -0.25) is 9.59 Å². The number of amidine groups is 1. The fourth-order valence-electron chi connectivity index (χ4n) is 3.65. The zero-order valence-electron chi connectivity index (χ0n) is 19.6. The highest BCUT2D eigenvalue weighted by Gasteiger charge is 2.25. The Bertz CT molecular complexity index is 1320. The van der Waals surface area contributed by atoms with Crippen molar-refractivity contribution in [3.8, 4) is 5.75 Å². The monoisotopic (exact) mass is 506 g/mol. The van der Waals surface area contributed by atoms with Crippen LogP contribution in [0, 0.1) is 0 Å². The number of nitrogens with zero attached hydrogens (tertiary/aromatic N) is 1. The third kappa shape index (κ3) is 6.07. The van der Waals surface area contributed by atoms with Gasteiger partial charge in [0.2, 0.25) is 0 Å². The van der Waals surface area contributed by atoms with Crippen molar-refractivity contribution in [2.45, 2.75) is 32.1 Å². The van der Waals surface area contributed by atoms with Crippen LogP contribution in [-0.2, 0) is 9.59 Å². The predicted octanol–water partition coefficient (Wildman–Crippen LogP) is 6.40. The lowest BCUT2D eigenvalue weighted by molar-refractivity contribution is -0.136. The van der Waals surface area contributed by atoms with E-state index >= 15 is 0 Å². The molecule has 1 aliphatic rings. The largest absolute Gasteiger partial charge is 0.490 e. The Balaban J connectivity index is 1.59. The molecule has 4 rings (SSSR count). The number of carbonyl (C=O) groups excluding carboxylic acids is 1. The molecule has 35 heavy (non-hydrogen) atoms. The topological polar surface area (TPSA) is 88.0 Å². The summed E-state index contributed by atoms with van der Waals surface area (Å²) in [7, 11) is 0. The normalized spacial score (nSPS) is 16.7. The summed E-state index contributed by atoms with van der Waals surface area (Å²) in [6.45, 7) is 5.87. The van der Waals surface area contributed by atoms with Gasteiger partial charge in [-0.15, -0.1) is 11.8 Å². The number of amides is 1. The third-order valence-electron chi connectivity index (χ3n) is 5.16. The first-order valence-corrected chi connectivity index (χ1v) is 13.1. The van der Waals surface area contributed by atoms with E-state index in [4.69, 9.17) is 4.74 Å². The van der Waals surface area contributed by atoms with E-state index in [-0.39, 0.29) is 12.0 Å². The summed E-state index contributed by atoms with van der Waals surface area (Å²) in [6.07, 6.45) is 1.82. The van der Waals surface area contributed by atoms with E-state index in [1.54, 1.807) is 24.3 Å². The van der Waals surface area contributed by atoms with E-state index in [9.17, 15) is 14.7 Å². The van der Waals surface area contributed by atoms with Crippen LogP contribution in [0.2, 0.25) is 0 Å². The number of fused-ring (bicyclic) bond motifs is 1. The number of nitrogens with one attached hydrogen (secondary N) is 1. The van der Waals surface area contributed by atoms with Crippen LogP contribution >= 0.6 is 23.5 Å². The van der Waals surface area contributed by atoms with Crippen molar-refractivity contribution in [1.29, 1.82) is 0 Å². The number of aliphatic imine (C=N–C) groups is 1. The molecule has 1 amide bonds. The summed E-state index contributed by atoms with van der Waals surface area (Å²) in [4.78, 5) is 29.2. The van der Waals surface area contributed by atoms with Gasteiger partial charge in [0.25, 0.3) is 5.91 Å². The van der Waals surface area contributed by atoms with Crippen LogP contribution < -0.4 is 10.1 Å². The second-order valence-electron chi connectivity index (χ2n) is 8.15. The molecular weight excluding hydrogens is 480 g/mol. The van der Waals surface area contributed by atoms with Crippen molar-refractivity contribution < 1.29 is 19.4 Å². The molecule has 1 saturated heterocycles. The maximum Gasteiger partial charge on any atom is 0.321 e. The summed E-state index contributed by atoms with van der Waals surface area (Å²) < 4.78 is 6.03. The molecule has 1 aliphatic heterocycles. The molecule has 0 radical (unpaired) electrons. The fraction of sp³-hybridized carbons (Fsp3) is 0.222. The first kappa shape index (κ1) is 24.9. The maximum atomic E-state index is 12.7. The molecule has 2 N–H and O–H groups in total. The Kier molecular flexibility index (Phi) is 7.83. The minimum atomic E-state index is -0.862. The molecule has 0 aliphatic carbocycles. The summed E-state index contributed by atoms with van der Waals surface area (Å²) >= 11 is 2.63. The van der Waals surface area contributed by atoms with Crippen LogP contribution in [0.15, 0.2) is 70.6 Å². The average molecular weight is 507 g/mol. The van der Waals surface area contributed by atoms with Gasteiger partial charge < -0.3 is 15.2 Å². The number of thioether (sulfide) groups is 2. The van der Waals surface area contributed by atoms with Crippen LogP contribution in [0.1, 0.15) is 37.1 Å². The second-order valence-corrected chi connectivity index (χ2v) is 10.6. The fourth-order valence-corrected chi connectivity index (χ4v) is 5.30. The van der Waals surface area contributed by atoms with Crippen molar-refractivity contribution >= 4 is 63.1 Å². The zero-order valence-corrected chi connectivity index (χ0v) is 21.3. The van der Waals surface area contributed by atoms with Gasteiger partial charge >= 0.3 is 5.97 Å². The standard InChI is InChI=1S/C27H26N2O4S2/c1-4-34-24(26(31)32)17-9-11-21(12-10-17)28-27-29-25(30)23(35-27)15-20-13-18-7-5-6-8-19(18)14-22(20)33-16(2)3/h5-16,24H,4H2,1-3H3,(H,31,32)(H,28,29,30)/b23-15+. The van der Waals surface area contributed by atoms with E-state index < -0.39 is 11.2 Å². The molecule has 3 aromatic carbocycles. The lowest BCUT2D eigenvalue weighted by Crippen LogP contribution is -2.19. The number of rotatable bonds is 8. The van der Waals surface area contributed by atoms with Gasteiger partial charge in [-0.2, -0.15) is 0 Å². The number of carbonyl (C=O) groups is 2. The first-order chi connectivity index (χ1) is 16.8. The van der Waals surface area contributed by atoms with Crippen LogP contribution in [0.5, 0.6) is 5.75 Å². The van der Waals surface area contributed by atoms with Crippen LogP contribution in [0.4, 0.5) is 5.69 Å². The van der Waals surface area contributed by atoms with Crippen molar-refractivity contribution in [2.24, 2.45) is 4.99 Å². The van der Waals surface area contributed by atoms with Gasteiger partial charge in [-0.05, 0) is 78.0 Å². The summed E-state index contributed by atoms with van der Waals surface area (Å²) in [5.74, 6) is 0.344. The Morgan fingerprint density at radius 3 is 2.46 bits per heavy atom.